The van der Waals surface area contributed by atoms with Crippen LogP contribution in [0.15, 0.2) is 6.33 Å². The molecular formula is C15H22N6. The first-order chi connectivity index (χ1) is 10.2. The summed E-state index contributed by atoms with van der Waals surface area (Å²) in [6.07, 6.45) is 7.32. The molecule has 2 aliphatic rings. The van der Waals surface area contributed by atoms with Gasteiger partial charge in [0, 0.05) is 13.1 Å². The van der Waals surface area contributed by atoms with Gasteiger partial charge in [-0.15, -0.1) is 0 Å². The van der Waals surface area contributed by atoms with Crippen LogP contribution >= 0.6 is 0 Å². The fraction of sp³-hybridized carbons (Fsp3) is 0.667. The molecule has 6 heteroatoms. The van der Waals surface area contributed by atoms with E-state index in [-0.39, 0.29) is 0 Å². The van der Waals surface area contributed by atoms with Crippen LogP contribution in [-0.2, 0) is 0 Å². The summed E-state index contributed by atoms with van der Waals surface area (Å²) in [6.45, 7) is 2.29. The minimum absolute atomic E-state index is 0.436. The second kappa shape index (κ2) is 4.86. The van der Waals surface area contributed by atoms with E-state index in [4.69, 9.17) is 0 Å². The Labute approximate surface area is 124 Å². The topological polar surface area (TPSA) is 78.5 Å². The summed E-state index contributed by atoms with van der Waals surface area (Å²) in [5.41, 5.74) is 1.60. The molecule has 4 atom stereocenters. The number of hydrogen-bond acceptors (Lipinski definition) is 5. The number of fused-ring (bicyclic) bond motifs is 3. The van der Waals surface area contributed by atoms with E-state index in [1.807, 2.05) is 7.05 Å². The van der Waals surface area contributed by atoms with Gasteiger partial charge in [-0.1, -0.05) is 6.42 Å². The van der Waals surface area contributed by atoms with Gasteiger partial charge in [-0.05, 0) is 43.9 Å². The molecule has 21 heavy (non-hydrogen) atoms. The van der Waals surface area contributed by atoms with Crippen LogP contribution in [0.2, 0.25) is 0 Å². The molecule has 4 unspecified atom stereocenters. The zero-order chi connectivity index (χ0) is 14.4. The summed E-state index contributed by atoms with van der Waals surface area (Å²) in [5.74, 6) is 4.11. The molecule has 0 amide bonds. The molecule has 0 aromatic carbocycles. The van der Waals surface area contributed by atoms with Gasteiger partial charge in [-0.2, -0.15) is 9.97 Å². The van der Waals surface area contributed by atoms with E-state index in [1.54, 1.807) is 6.33 Å². The minimum Gasteiger partial charge on any atom is -0.365 e. The van der Waals surface area contributed by atoms with Gasteiger partial charge in [0.1, 0.15) is 5.52 Å². The number of nitrogens with zero attached hydrogens (tertiary/aromatic N) is 3. The number of rotatable bonds is 4. The highest BCUT2D eigenvalue weighted by atomic mass is 15.2. The van der Waals surface area contributed by atoms with E-state index in [1.165, 1.54) is 25.7 Å². The number of imidazole rings is 1. The fourth-order valence-corrected chi connectivity index (χ4v) is 4.28. The molecule has 2 bridgehead atoms. The summed E-state index contributed by atoms with van der Waals surface area (Å²) in [7, 11) is 1.83. The Morgan fingerprint density at radius 2 is 2.19 bits per heavy atom. The highest BCUT2D eigenvalue weighted by molar-refractivity contribution is 5.83. The first kappa shape index (κ1) is 12.9. The average molecular weight is 286 g/mol. The quantitative estimate of drug-likeness (QED) is 0.805. The second-order valence-electron chi connectivity index (χ2n) is 6.52. The Morgan fingerprint density at radius 1 is 1.29 bits per heavy atom. The van der Waals surface area contributed by atoms with Crippen LogP contribution < -0.4 is 10.6 Å². The smallest absolute Gasteiger partial charge is 0.226 e. The molecule has 4 rings (SSSR count). The van der Waals surface area contributed by atoms with Crippen LogP contribution in [0.1, 0.15) is 32.6 Å². The SMILES string of the molecule is CNc1nc(NC(C)C2CC3CCC2C3)c2[nH]cnc2n1. The van der Waals surface area contributed by atoms with Gasteiger partial charge < -0.3 is 15.6 Å². The van der Waals surface area contributed by atoms with E-state index in [0.717, 1.165) is 29.1 Å². The molecule has 0 aliphatic heterocycles. The predicted molar refractivity (Wildman–Crippen MR) is 83.3 cm³/mol. The lowest BCUT2D eigenvalue weighted by Crippen LogP contribution is -2.30. The Bertz CT molecular complexity index is 651. The number of nitrogens with one attached hydrogen (secondary N) is 3. The van der Waals surface area contributed by atoms with Crippen molar-refractivity contribution in [2.24, 2.45) is 17.8 Å². The Morgan fingerprint density at radius 3 is 2.90 bits per heavy atom. The van der Waals surface area contributed by atoms with Crippen molar-refractivity contribution in [3.05, 3.63) is 6.33 Å². The average Bonchev–Trinajstić information content (AvgIpc) is 3.22. The van der Waals surface area contributed by atoms with Gasteiger partial charge in [0.15, 0.2) is 11.5 Å². The van der Waals surface area contributed by atoms with Crippen molar-refractivity contribution >= 4 is 22.9 Å². The first-order valence-corrected chi connectivity index (χ1v) is 7.90. The summed E-state index contributed by atoms with van der Waals surface area (Å²) in [6, 6.07) is 0.436. The third kappa shape index (κ3) is 2.13. The molecule has 112 valence electrons. The summed E-state index contributed by atoms with van der Waals surface area (Å²) >= 11 is 0. The van der Waals surface area contributed by atoms with E-state index >= 15 is 0 Å². The molecule has 0 radical (unpaired) electrons. The fourth-order valence-electron chi connectivity index (χ4n) is 4.28. The van der Waals surface area contributed by atoms with Crippen molar-refractivity contribution in [1.29, 1.82) is 0 Å². The third-order valence-corrected chi connectivity index (χ3v) is 5.31. The maximum atomic E-state index is 4.56. The lowest BCUT2D eigenvalue weighted by atomic mass is 9.84. The summed E-state index contributed by atoms with van der Waals surface area (Å²) < 4.78 is 0. The van der Waals surface area contributed by atoms with Gasteiger partial charge in [-0.3, -0.25) is 0 Å². The Balaban J connectivity index is 1.60. The summed E-state index contributed by atoms with van der Waals surface area (Å²) in [5, 5.41) is 6.61. The van der Waals surface area contributed by atoms with Crippen molar-refractivity contribution in [2.45, 2.75) is 38.6 Å². The minimum atomic E-state index is 0.436. The van der Waals surface area contributed by atoms with Crippen LogP contribution in [-0.4, -0.2) is 33.0 Å². The highest BCUT2D eigenvalue weighted by Gasteiger charge is 2.41. The highest BCUT2D eigenvalue weighted by Crippen LogP contribution is 2.49. The lowest BCUT2D eigenvalue weighted by molar-refractivity contribution is 0.304. The molecule has 0 saturated heterocycles. The third-order valence-electron chi connectivity index (χ3n) is 5.31. The van der Waals surface area contributed by atoms with Crippen LogP contribution in [0, 0.1) is 17.8 Å². The summed E-state index contributed by atoms with van der Waals surface area (Å²) in [4.78, 5) is 16.3. The van der Waals surface area contributed by atoms with Crippen molar-refractivity contribution in [1.82, 2.24) is 19.9 Å². The Kier molecular flexibility index (Phi) is 2.97. The molecule has 3 N–H and O–H groups in total. The van der Waals surface area contributed by atoms with Crippen molar-refractivity contribution in [3.63, 3.8) is 0 Å². The van der Waals surface area contributed by atoms with Crippen LogP contribution in [0.4, 0.5) is 11.8 Å². The maximum absolute atomic E-state index is 4.56. The zero-order valence-corrected chi connectivity index (χ0v) is 12.6. The first-order valence-electron chi connectivity index (χ1n) is 7.90. The van der Waals surface area contributed by atoms with Crippen LogP contribution in [0.25, 0.3) is 11.2 Å². The molecule has 6 nitrogen and oxygen atoms in total. The van der Waals surface area contributed by atoms with Crippen LogP contribution in [0.3, 0.4) is 0 Å². The largest absolute Gasteiger partial charge is 0.365 e. The number of H-pyrrole nitrogens is 1. The van der Waals surface area contributed by atoms with E-state index in [9.17, 15) is 0 Å². The molecule has 2 heterocycles. The molecule has 0 spiro atoms. The van der Waals surface area contributed by atoms with Crippen molar-refractivity contribution in [2.75, 3.05) is 17.7 Å². The van der Waals surface area contributed by atoms with Gasteiger partial charge in [0.05, 0.1) is 6.33 Å². The van der Waals surface area contributed by atoms with E-state index in [0.29, 0.717) is 17.6 Å². The van der Waals surface area contributed by atoms with Crippen molar-refractivity contribution in [3.8, 4) is 0 Å². The van der Waals surface area contributed by atoms with Crippen LogP contribution in [0.5, 0.6) is 0 Å². The second-order valence-corrected chi connectivity index (χ2v) is 6.52. The van der Waals surface area contributed by atoms with E-state index in [2.05, 4.69) is 37.5 Å². The van der Waals surface area contributed by atoms with Gasteiger partial charge in [0.2, 0.25) is 5.95 Å². The predicted octanol–water partition coefficient (Wildman–Crippen LogP) is 2.63. The lowest BCUT2D eigenvalue weighted by Gasteiger charge is -2.29. The molecule has 2 fully saturated rings. The van der Waals surface area contributed by atoms with E-state index < -0.39 is 0 Å². The standard InChI is InChI=1S/C15H22N6/c1-8(11-6-9-3-4-10(11)5-9)19-14-12-13(18-7-17-12)20-15(16-2)21-14/h7-11H,3-6H2,1-2H3,(H3,16,17,18,19,20,21). The molecule has 2 aromatic rings. The molecular weight excluding hydrogens is 264 g/mol. The molecule has 2 saturated carbocycles. The van der Waals surface area contributed by atoms with Gasteiger partial charge >= 0.3 is 0 Å². The number of aromatic nitrogens is 4. The van der Waals surface area contributed by atoms with Gasteiger partial charge in [0.25, 0.3) is 0 Å². The molecule has 2 aliphatic carbocycles. The van der Waals surface area contributed by atoms with Crippen molar-refractivity contribution < 1.29 is 0 Å². The van der Waals surface area contributed by atoms with Gasteiger partial charge in [-0.25, -0.2) is 4.98 Å². The number of aromatic amines is 1. The number of hydrogen-bond donors (Lipinski definition) is 3. The maximum Gasteiger partial charge on any atom is 0.226 e. The zero-order valence-electron chi connectivity index (χ0n) is 12.6. The number of anilines is 2. The molecule has 2 aromatic heterocycles. The monoisotopic (exact) mass is 286 g/mol. The Hall–Kier alpha value is -1.85. The normalized spacial score (nSPS) is 29.0.